The molecule has 1 aliphatic rings. The standard InChI is InChI=1S/C20H23ClN2O4S/c21-18-7-3-1-5-16(18)9-10-20(24)22-15-17-6-2-4-8-19(17)28(25,26)23-11-13-27-14-12-23/h1-8H,9-15H2,(H,22,24). The third kappa shape index (κ3) is 5.11. The molecular weight excluding hydrogens is 400 g/mol. The summed E-state index contributed by atoms with van der Waals surface area (Å²) in [6.07, 6.45) is 0.807. The van der Waals surface area contributed by atoms with E-state index < -0.39 is 10.0 Å². The monoisotopic (exact) mass is 422 g/mol. The molecule has 0 atom stereocenters. The Morgan fingerprint density at radius 2 is 1.68 bits per heavy atom. The number of carbonyl (C=O) groups is 1. The van der Waals surface area contributed by atoms with Crippen LogP contribution in [0.5, 0.6) is 0 Å². The summed E-state index contributed by atoms with van der Waals surface area (Å²) in [6, 6.07) is 14.2. The number of sulfonamides is 1. The van der Waals surface area contributed by atoms with Gasteiger partial charge >= 0.3 is 0 Å². The summed E-state index contributed by atoms with van der Waals surface area (Å²) >= 11 is 6.11. The molecule has 1 amide bonds. The van der Waals surface area contributed by atoms with Gasteiger partial charge in [-0.05, 0) is 29.7 Å². The number of ether oxygens (including phenoxy) is 1. The minimum Gasteiger partial charge on any atom is -0.379 e. The van der Waals surface area contributed by atoms with E-state index in [1.165, 1.54) is 4.31 Å². The number of hydrogen-bond acceptors (Lipinski definition) is 4. The van der Waals surface area contributed by atoms with Gasteiger partial charge in [-0.15, -0.1) is 0 Å². The molecule has 1 saturated heterocycles. The predicted octanol–water partition coefficient (Wildman–Crippen LogP) is 2.61. The van der Waals surface area contributed by atoms with Crippen molar-refractivity contribution in [3.8, 4) is 0 Å². The normalized spacial score (nSPS) is 15.3. The molecule has 8 heteroatoms. The van der Waals surface area contributed by atoms with Crippen LogP contribution in [0.3, 0.4) is 0 Å². The highest BCUT2D eigenvalue weighted by Gasteiger charge is 2.28. The van der Waals surface area contributed by atoms with E-state index in [9.17, 15) is 13.2 Å². The number of hydrogen-bond donors (Lipinski definition) is 1. The van der Waals surface area contributed by atoms with Crippen LogP contribution in [0.4, 0.5) is 0 Å². The van der Waals surface area contributed by atoms with E-state index in [-0.39, 0.29) is 23.8 Å². The molecule has 6 nitrogen and oxygen atoms in total. The summed E-state index contributed by atoms with van der Waals surface area (Å²) in [5.41, 5.74) is 1.48. The summed E-state index contributed by atoms with van der Waals surface area (Å²) < 4.78 is 32.6. The number of halogens is 1. The van der Waals surface area contributed by atoms with Crippen molar-refractivity contribution in [2.75, 3.05) is 26.3 Å². The Labute approximate surface area is 170 Å². The zero-order valence-electron chi connectivity index (χ0n) is 15.4. The fraction of sp³-hybridized carbons (Fsp3) is 0.350. The Morgan fingerprint density at radius 3 is 2.39 bits per heavy atom. The first kappa shape index (κ1) is 20.8. The molecule has 2 aromatic carbocycles. The highest BCUT2D eigenvalue weighted by atomic mass is 35.5. The molecule has 3 rings (SSSR count). The zero-order valence-corrected chi connectivity index (χ0v) is 17.0. The van der Waals surface area contributed by atoms with Crippen LogP contribution in [0.15, 0.2) is 53.4 Å². The highest BCUT2D eigenvalue weighted by Crippen LogP contribution is 2.21. The molecule has 1 aliphatic heterocycles. The smallest absolute Gasteiger partial charge is 0.243 e. The fourth-order valence-corrected chi connectivity index (χ4v) is 4.92. The van der Waals surface area contributed by atoms with Gasteiger partial charge in [0.25, 0.3) is 0 Å². The van der Waals surface area contributed by atoms with Gasteiger partial charge in [-0.3, -0.25) is 4.79 Å². The molecule has 2 aromatic rings. The van der Waals surface area contributed by atoms with Crippen molar-refractivity contribution in [1.29, 1.82) is 0 Å². The van der Waals surface area contributed by atoms with Crippen molar-refractivity contribution in [3.63, 3.8) is 0 Å². The minimum absolute atomic E-state index is 0.154. The quantitative estimate of drug-likeness (QED) is 0.744. The minimum atomic E-state index is -3.62. The van der Waals surface area contributed by atoms with E-state index in [0.29, 0.717) is 43.3 Å². The second kappa shape index (κ2) is 9.52. The van der Waals surface area contributed by atoms with Crippen LogP contribution in [0.2, 0.25) is 5.02 Å². The maximum absolute atomic E-state index is 12.9. The van der Waals surface area contributed by atoms with Gasteiger partial charge in [-0.25, -0.2) is 8.42 Å². The number of rotatable bonds is 7. The molecule has 1 N–H and O–H groups in total. The number of carbonyl (C=O) groups excluding carboxylic acids is 1. The van der Waals surface area contributed by atoms with Crippen molar-refractivity contribution in [2.24, 2.45) is 0 Å². The largest absolute Gasteiger partial charge is 0.379 e. The number of benzene rings is 2. The molecule has 0 unspecified atom stereocenters. The third-order valence-corrected chi connectivity index (χ3v) is 6.98. The molecule has 0 aliphatic carbocycles. The van der Waals surface area contributed by atoms with Gasteiger partial charge in [-0.1, -0.05) is 48.0 Å². The van der Waals surface area contributed by atoms with Gasteiger partial charge in [0.2, 0.25) is 15.9 Å². The number of nitrogens with one attached hydrogen (secondary N) is 1. The SMILES string of the molecule is O=C(CCc1ccccc1Cl)NCc1ccccc1S(=O)(=O)N1CCOCC1. The van der Waals surface area contributed by atoms with Crippen LogP contribution >= 0.6 is 11.6 Å². The summed E-state index contributed by atoms with van der Waals surface area (Å²) in [5.74, 6) is -0.154. The van der Waals surface area contributed by atoms with Gasteiger partial charge in [-0.2, -0.15) is 4.31 Å². The maximum Gasteiger partial charge on any atom is 0.243 e. The number of nitrogens with zero attached hydrogens (tertiary/aromatic N) is 1. The number of aryl methyl sites for hydroxylation is 1. The van der Waals surface area contributed by atoms with Crippen LogP contribution in [-0.4, -0.2) is 44.9 Å². The molecule has 150 valence electrons. The van der Waals surface area contributed by atoms with Crippen molar-refractivity contribution >= 4 is 27.5 Å². The first-order valence-electron chi connectivity index (χ1n) is 9.14. The van der Waals surface area contributed by atoms with E-state index in [2.05, 4.69) is 5.32 Å². The van der Waals surface area contributed by atoms with Crippen molar-refractivity contribution in [1.82, 2.24) is 9.62 Å². The first-order chi connectivity index (χ1) is 13.5. The summed E-state index contributed by atoms with van der Waals surface area (Å²) in [6.45, 7) is 1.60. The van der Waals surface area contributed by atoms with Gasteiger partial charge in [0, 0.05) is 31.1 Å². The van der Waals surface area contributed by atoms with Crippen LogP contribution in [0, 0.1) is 0 Å². The van der Waals surface area contributed by atoms with E-state index in [1.54, 1.807) is 30.3 Å². The second-order valence-electron chi connectivity index (χ2n) is 6.49. The van der Waals surface area contributed by atoms with Crippen molar-refractivity contribution < 1.29 is 17.9 Å². The molecule has 0 saturated carbocycles. The Balaban J connectivity index is 1.63. The van der Waals surface area contributed by atoms with Gasteiger partial charge in [0.15, 0.2) is 0 Å². The Morgan fingerprint density at radius 1 is 1.04 bits per heavy atom. The van der Waals surface area contributed by atoms with Crippen LogP contribution in [0.1, 0.15) is 17.5 Å². The lowest BCUT2D eigenvalue weighted by Crippen LogP contribution is -2.41. The molecule has 0 radical (unpaired) electrons. The summed E-state index contributed by atoms with van der Waals surface area (Å²) in [7, 11) is -3.62. The molecule has 0 bridgehead atoms. The fourth-order valence-electron chi connectivity index (χ4n) is 3.06. The Hall–Kier alpha value is -1.93. The van der Waals surface area contributed by atoms with E-state index in [1.807, 2.05) is 18.2 Å². The first-order valence-corrected chi connectivity index (χ1v) is 11.0. The van der Waals surface area contributed by atoms with Crippen LogP contribution < -0.4 is 5.32 Å². The molecule has 1 heterocycles. The predicted molar refractivity (Wildman–Crippen MR) is 108 cm³/mol. The lowest BCUT2D eigenvalue weighted by Gasteiger charge is -2.27. The Bertz CT molecular complexity index is 927. The Kier molecular flexibility index (Phi) is 7.07. The molecule has 1 fully saturated rings. The summed E-state index contributed by atoms with van der Waals surface area (Å²) in [4.78, 5) is 12.5. The highest BCUT2D eigenvalue weighted by molar-refractivity contribution is 7.89. The average molecular weight is 423 g/mol. The van der Waals surface area contributed by atoms with Crippen molar-refractivity contribution in [3.05, 3.63) is 64.7 Å². The number of morpholine rings is 1. The molecular formula is C20H23ClN2O4S. The lowest BCUT2D eigenvalue weighted by atomic mass is 10.1. The zero-order chi connectivity index (χ0) is 20.0. The van der Waals surface area contributed by atoms with E-state index in [0.717, 1.165) is 5.56 Å². The maximum atomic E-state index is 12.9. The van der Waals surface area contributed by atoms with Gasteiger partial charge in [0.05, 0.1) is 18.1 Å². The molecule has 0 spiro atoms. The topological polar surface area (TPSA) is 75.7 Å². The van der Waals surface area contributed by atoms with Crippen molar-refractivity contribution in [2.45, 2.75) is 24.3 Å². The molecule has 28 heavy (non-hydrogen) atoms. The average Bonchev–Trinajstić information content (AvgIpc) is 2.72. The third-order valence-electron chi connectivity index (χ3n) is 4.62. The summed E-state index contributed by atoms with van der Waals surface area (Å²) in [5, 5.41) is 3.45. The van der Waals surface area contributed by atoms with E-state index >= 15 is 0 Å². The van der Waals surface area contributed by atoms with Crippen LogP contribution in [0.25, 0.3) is 0 Å². The van der Waals surface area contributed by atoms with Crippen LogP contribution in [-0.2, 0) is 32.5 Å². The second-order valence-corrected chi connectivity index (χ2v) is 8.81. The van der Waals surface area contributed by atoms with Gasteiger partial charge in [0.1, 0.15) is 0 Å². The molecule has 0 aromatic heterocycles. The van der Waals surface area contributed by atoms with E-state index in [4.69, 9.17) is 16.3 Å². The van der Waals surface area contributed by atoms with Gasteiger partial charge < -0.3 is 10.1 Å². The number of amides is 1. The lowest BCUT2D eigenvalue weighted by molar-refractivity contribution is -0.121.